The van der Waals surface area contributed by atoms with Gasteiger partial charge >= 0.3 is 0 Å². The predicted molar refractivity (Wildman–Crippen MR) is 96.9 cm³/mol. The van der Waals surface area contributed by atoms with Crippen molar-refractivity contribution in [3.05, 3.63) is 58.5 Å². The average molecular weight is 320 g/mol. The molecule has 1 fully saturated rings. The van der Waals surface area contributed by atoms with Gasteiger partial charge in [-0.1, -0.05) is 12.5 Å². The number of H-pyrrole nitrogens is 2. The predicted octanol–water partition coefficient (Wildman–Crippen LogP) is 3.70. The lowest BCUT2D eigenvalue weighted by Gasteiger charge is -2.33. The van der Waals surface area contributed by atoms with E-state index in [0.717, 1.165) is 23.1 Å². The van der Waals surface area contributed by atoms with Crippen LogP contribution >= 0.6 is 0 Å². The molecular weight excluding hydrogens is 298 g/mol. The Hall–Kier alpha value is -2.33. The molecule has 4 nitrogen and oxygen atoms in total. The van der Waals surface area contributed by atoms with E-state index in [2.05, 4.69) is 52.1 Å². The summed E-state index contributed by atoms with van der Waals surface area (Å²) in [5.41, 5.74) is 3.76. The third-order valence-electron chi connectivity index (χ3n) is 5.06. The molecule has 4 heteroatoms. The first kappa shape index (κ1) is 15.2. The van der Waals surface area contributed by atoms with Gasteiger partial charge < -0.3 is 9.97 Å². The lowest BCUT2D eigenvalue weighted by atomic mass is 10.0. The zero-order valence-corrected chi connectivity index (χ0v) is 13.9. The molecule has 0 amide bonds. The highest BCUT2D eigenvalue weighted by molar-refractivity contribution is 5.86. The summed E-state index contributed by atoms with van der Waals surface area (Å²) >= 11 is 0. The van der Waals surface area contributed by atoms with Crippen LogP contribution in [0.1, 0.15) is 31.7 Å². The van der Waals surface area contributed by atoms with Gasteiger partial charge in [-0.3, -0.25) is 9.69 Å². The molecule has 1 saturated heterocycles. The molecule has 123 valence electrons. The van der Waals surface area contributed by atoms with E-state index in [1.165, 1.54) is 37.6 Å². The zero-order chi connectivity index (χ0) is 16.5. The number of aromatic amines is 2. The van der Waals surface area contributed by atoms with Crippen LogP contribution in [0.15, 0.2) is 41.3 Å². The van der Waals surface area contributed by atoms with E-state index in [0.29, 0.717) is 11.6 Å². The molecule has 3 heterocycles. The van der Waals surface area contributed by atoms with E-state index in [9.17, 15) is 4.79 Å². The molecule has 2 N–H and O–H groups in total. The highest BCUT2D eigenvalue weighted by atomic mass is 16.1. The zero-order valence-electron chi connectivity index (χ0n) is 13.9. The van der Waals surface area contributed by atoms with Crippen molar-refractivity contribution < 1.29 is 0 Å². The Kier molecular flexibility index (Phi) is 3.98. The van der Waals surface area contributed by atoms with E-state index in [1.54, 1.807) is 6.07 Å². The summed E-state index contributed by atoms with van der Waals surface area (Å²) in [5.74, 6) is 0. The van der Waals surface area contributed by atoms with Crippen molar-refractivity contribution in [1.29, 1.82) is 0 Å². The minimum atomic E-state index is -0.0947. The van der Waals surface area contributed by atoms with Gasteiger partial charge in [-0.2, -0.15) is 0 Å². The highest BCUT2D eigenvalue weighted by Gasteiger charge is 2.18. The molecule has 24 heavy (non-hydrogen) atoms. The van der Waals surface area contributed by atoms with Gasteiger partial charge in [0.15, 0.2) is 0 Å². The number of hydrogen-bond acceptors (Lipinski definition) is 2. The summed E-state index contributed by atoms with van der Waals surface area (Å²) in [5, 5.41) is 1.15. The highest BCUT2D eigenvalue weighted by Crippen LogP contribution is 2.25. The Morgan fingerprint density at radius 1 is 1.29 bits per heavy atom. The number of nitrogens with one attached hydrogen (secondary N) is 2. The number of fused-ring (bicyclic) bond motifs is 1. The quantitative estimate of drug-likeness (QED) is 0.773. The van der Waals surface area contributed by atoms with Crippen LogP contribution in [0, 0.1) is 6.07 Å². The molecule has 1 aliphatic heterocycles. The molecule has 1 aliphatic rings. The van der Waals surface area contributed by atoms with Crippen molar-refractivity contribution in [2.75, 3.05) is 6.54 Å². The van der Waals surface area contributed by atoms with Crippen LogP contribution < -0.4 is 5.56 Å². The third kappa shape index (κ3) is 2.89. The summed E-state index contributed by atoms with van der Waals surface area (Å²) < 4.78 is 0. The van der Waals surface area contributed by atoms with E-state index in [4.69, 9.17) is 0 Å². The van der Waals surface area contributed by atoms with Gasteiger partial charge in [0.25, 0.3) is 5.56 Å². The van der Waals surface area contributed by atoms with Crippen LogP contribution in [-0.4, -0.2) is 27.5 Å². The summed E-state index contributed by atoms with van der Waals surface area (Å²) in [6, 6.07) is 13.9. The first-order valence-corrected chi connectivity index (χ1v) is 8.65. The number of aromatic nitrogens is 2. The van der Waals surface area contributed by atoms with Gasteiger partial charge in [0.1, 0.15) is 0 Å². The summed E-state index contributed by atoms with van der Waals surface area (Å²) in [7, 11) is 0. The molecule has 4 rings (SSSR count). The smallest absolute Gasteiger partial charge is 0.257 e. The van der Waals surface area contributed by atoms with E-state index in [1.807, 2.05) is 0 Å². The van der Waals surface area contributed by atoms with Crippen LogP contribution in [0.5, 0.6) is 0 Å². The fourth-order valence-corrected chi connectivity index (χ4v) is 3.63. The number of benzene rings is 1. The number of piperidine rings is 1. The van der Waals surface area contributed by atoms with Crippen molar-refractivity contribution in [3.63, 3.8) is 0 Å². The maximum absolute atomic E-state index is 12.0. The topological polar surface area (TPSA) is 51.9 Å². The van der Waals surface area contributed by atoms with Crippen molar-refractivity contribution >= 4 is 10.9 Å². The molecule has 0 saturated carbocycles. The Morgan fingerprint density at radius 3 is 3.04 bits per heavy atom. The van der Waals surface area contributed by atoms with Gasteiger partial charge in [-0.05, 0) is 56.1 Å². The molecule has 1 aromatic carbocycles. The fraction of sp³-hybridized carbons (Fsp3) is 0.350. The first-order valence-electron chi connectivity index (χ1n) is 8.65. The molecule has 1 atom stereocenters. The summed E-state index contributed by atoms with van der Waals surface area (Å²) in [6.07, 6.45) is 5.48. The van der Waals surface area contributed by atoms with E-state index < -0.39 is 0 Å². The van der Waals surface area contributed by atoms with Crippen molar-refractivity contribution in [3.8, 4) is 11.3 Å². The van der Waals surface area contributed by atoms with Crippen LogP contribution in [0.2, 0.25) is 0 Å². The summed E-state index contributed by atoms with van der Waals surface area (Å²) in [6.45, 7) is 4.51. The molecule has 0 bridgehead atoms. The number of pyridine rings is 1. The SMILES string of the molecule is C[C@H]1CCCCN1Cc1ccc2[nH]c(-c3c[c]c[nH]c3=O)cc2c1. The van der Waals surface area contributed by atoms with Gasteiger partial charge in [-0.25, -0.2) is 0 Å². The number of nitrogens with zero attached hydrogens (tertiary/aromatic N) is 1. The van der Waals surface area contributed by atoms with Crippen LogP contribution in [0.3, 0.4) is 0 Å². The molecule has 2 aromatic heterocycles. The maximum atomic E-state index is 12.0. The minimum absolute atomic E-state index is 0.0947. The molecule has 3 aromatic rings. The molecule has 0 spiro atoms. The van der Waals surface area contributed by atoms with E-state index in [-0.39, 0.29) is 5.56 Å². The van der Waals surface area contributed by atoms with E-state index >= 15 is 0 Å². The summed E-state index contributed by atoms with van der Waals surface area (Å²) in [4.78, 5) is 20.5. The fourth-order valence-electron chi connectivity index (χ4n) is 3.63. The molecule has 1 radical (unpaired) electrons. The molecular formula is C20H22N3O. The minimum Gasteiger partial charge on any atom is -0.354 e. The lowest BCUT2D eigenvalue weighted by molar-refractivity contribution is 0.152. The lowest BCUT2D eigenvalue weighted by Crippen LogP contribution is -2.36. The number of rotatable bonds is 3. The Labute approximate surface area is 141 Å². The van der Waals surface area contributed by atoms with Crippen LogP contribution in [0.4, 0.5) is 0 Å². The monoisotopic (exact) mass is 320 g/mol. The second-order valence-electron chi connectivity index (χ2n) is 6.76. The maximum Gasteiger partial charge on any atom is 0.257 e. The number of hydrogen-bond donors (Lipinski definition) is 2. The van der Waals surface area contributed by atoms with Gasteiger partial charge in [-0.15, -0.1) is 0 Å². The molecule has 0 unspecified atom stereocenters. The van der Waals surface area contributed by atoms with Gasteiger partial charge in [0.05, 0.1) is 11.3 Å². The largest absolute Gasteiger partial charge is 0.354 e. The first-order chi connectivity index (χ1) is 11.7. The Bertz CT molecular complexity index is 908. The van der Waals surface area contributed by atoms with Crippen molar-refractivity contribution in [2.45, 2.75) is 38.8 Å². The van der Waals surface area contributed by atoms with Crippen LogP contribution in [-0.2, 0) is 6.54 Å². The van der Waals surface area contributed by atoms with Gasteiger partial charge in [0.2, 0.25) is 0 Å². The van der Waals surface area contributed by atoms with Gasteiger partial charge in [0, 0.05) is 35.8 Å². The second-order valence-corrected chi connectivity index (χ2v) is 6.76. The normalized spacial score (nSPS) is 19.0. The average Bonchev–Trinajstić information content (AvgIpc) is 3.00. The van der Waals surface area contributed by atoms with Crippen molar-refractivity contribution in [2.24, 2.45) is 0 Å². The van der Waals surface area contributed by atoms with Crippen LogP contribution in [0.25, 0.3) is 22.2 Å². The Balaban J connectivity index is 1.64. The Morgan fingerprint density at radius 2 is 2.21 bits per heavy atom. The third-order valence-corrected chi connectivity index (χ3v) is 5.06. The molecule has 0 aliphatic carbocycles. The second kappa shape index (κ2) is 6.29. The standard InChI is InChI=1S/C20H22N3O/c1-14-5-2-3-10-23(14)13-15-7-8-18-16(11-15)12-19(22-18)17-6-4-9-21-20(17)24/h6-9,11-12,14,22H,2-3,5,10,13H2,1H3,(H,21,24)/t14-/m0/s1. The van der Waals surface area contributed by atoms with Crippen molar-refractivity contribution in [1.82, 2.24) is 14.9 Å². The number of likely N-dealkylation sites (tertiary alicyclic amines) is 1.